The molecule has 4 rings (SSSR count). The van der Waals surface area contributed by atoms with Crippen molar-refractivity contribution in [3.63, 3.8) is 0 Å². The first-order valence-electron chi connectivity index (χ1n) is 10.0. The van der Waals surface area contributed by atoms with E-state index in [0.717, 1.165) is 15.8 Å². The molecule has 0 unspecified atom stereocenters. The highest BCUT2D eigenvalue weighted by Gasteiger charge is 2.11. The topological polar surface area (TPSA) is 80.3 Å². The molecular weight excluding hydrogens is 461 g/mol. The maximum absolute atomic E-state index is 13.7. The number of amides is 2. The Labute approximate surface area is 198 Å². The number of thiazole rings is 1. The third-order valence-electron chi connectivity index (χ3n) is 4.52. The van der Waals surface area contributed by atoms with Crippen molar-refractivity contribution in [3.05, 3.63) is 78.1 Å². The SMILES string of the molecule is Cc1ccc(OCC(=O)Nc2ccc3nc(SCC(=O)Nc4ccccc4F)sc3c2)cc1. The first-order valence-corrected chi connectivity index (χ1v) is 11.8. The number of fused-ring (bicyclic) bond motifs is 1. The molecule has 6 nitrogen and oxygen atoms in total. The molecule has 0 radical (unpaired) electrons. The average Bonchev–Trinajstić information content (AvgIpc) is 3.21. The molecule has 0 bridgehead atoms. The molecular formula is C24H20FN3O3S2. The standard InChI is InChI=1S/C24H20FN3O3S2/c1-15-6-9-17(10-7-15)31-13-22(29)26-16-8-11-20-21(12-16)33-24(28-20)32-14-23(30)27-19-5-3-2-4-18(19)25/h2-12H,13-14H2,1H3,(H,26,29)(H,27,30). The average molecular weight is 482 g/mol. The zero-order valence-electron chi connectivity index (χ0n) is 17.6. The van der Waals surface area contributed by atoms with E-state index in [4.69, 9.17) is 4.74 Å². The van der Waals surface area contributed by atoms with Crippen molar-refractivity contribution in [1.29, 1.82) is 0 Å². The number of ether oxygens (including phenoxy) is 1. The number of rotatable bonds is 8. The molecule has 0 aliphatic heterocycles. The van der Waals surface area contributed by atoms with Crippen molar-refractivity contribution in [2.75, 3.05) is 23.0 Å². The van der Waals surface area contributed by atoms with Gasteiger partial charge in [-0.25, -0.2) is 9.37 Å². The number of hydrogen-bond acceptors (Lipinski definition) is 6. The summed E-state index contributed by atoms with van der Waals surface area (Å²) in [5, 5.41) is 5.37. The lowest BCUT2D eigenvalue weighted by atomic mass is 10.2. The minimum absolute atomic E-state index is 0.0952. The van der Waals surface area contributed by atoms with E-state index in [9.17, 15) is 14.0 Å². The van der Waals surface area contributed by atoms with Gasteiger partial charge < -0.3 is 15.4 Å². The van der Waals surface area contributed by atoms with Gasteiger partial charge >= 0.3 is 0 Å². The fourth-order valence-electron chi connectivity index (χ4n) is 2.90. The van der Waals surface area contributed by atoms with E-state index in [-0.39, 0.29) is 29.9 Å². The molecule has 3 aromatic carbocycles. The van der Waals surface area contributed by atoms with Crippen LogP contribution in [0.1, 0.15) is 5.56 Å². The smallest absolute Gasteiger partial charge is 0.262 e. The second-order valence-electron chi connectivity index (χ2n) is 7.13. The van der Waals surface area contributed by atoms with Crippen LogP contribution in [0, 0.1) is 12.7 Å². The van der Waals surface area contributed by atoms with Gasteiger partial charge in [-0.2, -0.15) is 0 Å². The Kier molecular flexibility index (Phi) is 7.21. The molecule has 1 aromatic heterocycles. The minimum atomic E-state index is -0.477. The normalized spacial score (nSPS) is 10.7. The highest BCUT2D eigenvalue weighted by atomic mass is 32.2. The van der Waals surface area contributed by atoms with E-state index in [1.807, 2.05) is 43.3 Å². The predicted octanol–water partition coefficient (Wildman–Crippen LogP) is 5.49. The zero-order valence-corrected chi connectivity index (χ0v) is 19.3. The van der Waals surface area contributed by atoms with Crippen LogP contribution in [0.15, 0.2) is 71.1 Å². The number of anilines is 2. The summed E-state index contributed by atoms with van der Waals surface area (Å²) >= 11 is 2.69. The quantitative estimate of drug-likeness (QED) is 0.325. The molecule has 4 aromatic rings. The van der Waals surface area contributed by atoms with Crippen LogP contribution in [0.4, 0.5) is 15.8 Å². The molecule has 0 aliphatic carbocycles. The van der Waals surface area contributed by atoms with Crippen molar-refractivity contribution in [2.24, 2.45) is 0 Å². The number of halogens is 1. The van der Waals surface area contributed by atoms with Crippen molar-refractivity contribution in [2.45, 2.75) is 11.3 Å². The van der Waals surface area contributed by atoms with Gasteiger partial charge in [0.1, 0.15) is 11.6 Å². The monoisotopic (exact) mass is 481 g/mol. The van der Waals surface area contributed by atoms with Crippen LogP contribution >= 0.6 is 23.1 Å². The molecule has 0 saturated heterocycles. The summed E-state index contributed by atoms with van der Waals surface area (Å²) in [6, 6.07) is 18.9. The number of benzene rings is 3. The van der Waals surface area contributed by atoms with Crippen molar-refractivity contribution in [1.82, 2.24) is 4.98 Å². The van der Waals surface area contributed by atoms with Gasteiger partial charge in [0.15, 0.2) is 10.9 Å². The summed E-state index contributed by atoms with van der Waals surface area (Å²) in [5.74, 6) is -0.317. The third kappa shape index (κ3) is 6.30. The van der Waals surface area contributed by atoms with Crippen LogP contribution in [0.2, 0.25) is 0 Å². The number of aromatic nitrogens is 1. The number of hydrogen-bond donors (Lipinski definition) is 2. The highest BCUT2D eigenvalue weighted by molar-refractivity contribution is 8.01. The lowest BCUT2D eigenvalue weighted by Crippen LogP contribution is -2.20. The van der Waals surface area contributed by atoms with Crippen molar-refractivity contribution < 1.29 is 18.7 Å². The fourth-order valence-corrected chi connectivity index (χ4v) is 4.81. The van der Waals surface area contributed by atoms with Crippen LogP contribution in [0.3, 0.4) is 0 Å². The summed E-state index contributed by atoms with van der Waals surface area (Å²) < 4.78 is 20.8. The Hall–Kier alpha value is -3.43. The molecule has 2 amide bonds. The van der Waals surface area contributed by atoms with Gasteiger partial charge in [0.2, 0.25) is 5.91 Å². The molecule has 9 heteroatoms. The van der Waals surface area contributed by atoms with Gasteiger partial charge in [-0.3, -0.25) is 9.59 Å². The van der Waals surface area contributed by atoms with Crippen LogP contribution < -0.4 is 15.4 Å². The van der Waals surface area contributed by atoms with Gasteiger partial charge in [0.05, 0.1) is 21.7 Å². The molecule has 0 aliphatic rings. The third-order valence-corrected chi connectivity index (χ3v) is 6.68. The van der Waals surface area contributed by atoms with Crippen LogP contribution in [-0.2, 0) is 9.59 Å². The van der Waals surface area contributed by atoms with E-state index in [0.29, 0.717) is 15.8 Å². The number of nitrogens with one attached hydrogen (secondary N) is 2. The zero-order chi connectivity index (χ0) is 23.2. The summed E-state index contributed by atoms with van der Waals surface area (Å²) in [6.07, 6.45) is 0. The number of carbonyl (C=O) groups is 2. The molecule has 0 saturated carbocycles. The lowest BCUT2D eigenvalue weighted by Gasteiger charge is -2.07. The Morgan fingerprint density at radius 2 is 1.82 bits per heavy atom. The van der Waals surface area contributed by atoms with Crippen molar-refractivity contribution in [3.8, 4) is 5.75 Å². The molecule has 33 heavy (non-hydrogen) atoms. The molecule has 0 fully saturated rings. The van der Waals surface area contributed by atoms with Crippen LogP contribution in [-0.4, -0.2) is 29.2 Å². The Balaban J connectivity index is 1.31. The lowest BCUT2D eigenvalue weighted by molar-refractivity contribution is -0.118. The second-order valence-corrected chi connectivity index (χ2v) is 9.38. The van der Waals surface area contributed by atoms with E-state index >= 15 is 0 Å². The van der Waals surface area contributed by atoms with Gasteiger partial charge in [-0.15, -0.1) is 11.3 Å². The number of nitrogens with zero attached hydrogens (tertiary/aromatic N) is 1. The molecule has 0 atom stereocenters. The molecule has 2 N–H and O–H groups in total. The van der Waals surface area contributed by atoms with E-state index < -0.39 is 5.82 Å². The molecule has 168 valence electrons. The van der Waals surface area contributed by atoms with Crippen molar-refractivity contribution >= 4 is 56.5 Å². The highest BCUT2D eigenvalue weighted by Crippen LogP contribution is 2.31. The van der Waals surface area contributed by atoms with E-state index in [2.05, 4.69) is 15.6 Å². The first kappa shape index (κ1) is 22.8. The van der Waals surface area contributed by atoms with Gasteiger partial charge in [0.25, 0.3) is 5.91 Å². The minimum Gasteiger partial charge on any atom is -0.484 e. The van der Waals surface area contributed by atoms with E-state index in [1.165, 1.54) is 35.2 Å². The molecule has 1 heterocycles. The maximum atomic E-state index is 13.7. The Morgan fingerprint density at radius 3 is 2.61 bits per heavy atom. The van der Waals surface area contributed by atoms with Crippen LogP contribution in [0.5, 0.6) is 5.75 Å². The number of thioether (sulfide) groups is 1. The summed E-state index contributed by atoms with van der Waals surface area (Å²) in [7, 11) is 0. The van der Waals surface area contributed by atoms with Gasteiger partial charge in [-0.05, 0) is 49.4 Å². The number of carbonyl (C=O) groups excluding carboxylic acids is 2. The maximum Gasteiger partial charge on any atom is 0.262 e. The Morgan fingerprint density at radius 1 is 1.03 bits per heavy atom. The van der Waals surface area contributed by atoms with E-state index in [1.54, 1.807) is 18.2 Å². The second kappa shape index (κ2) is 10.5. The van der Waals surface area contributed by atoms with Gasteiger partial charge in [0, 0.05) is 5.69 Å². The fraction of sp³-hybridized carbons (Fsp3) is 0.125. The Bertz CT molecular complexity index is 1290. The summed E-state index contributed by atoms with van der Waals surface area (Å²) in [5.41, 5.74) is 2.68. The number of aryl methyl sites for hydroxylation is 1. The largest absolute Gasteiger partial charge is 0.484 e. The first-order chi connectivity index (χ1) is 16.0. The number of para-hydroxylation sites is 1. The summed E-state index contributed by atoms with van der Waals surface area (Å²) in [6.45, 7) is 1.89. The predicted molar refractivity (Wildman–Crippen MR) is 131 cm³/mol. The van der Waals surface area contributed by atoms with Gasteiger partial charge in [-0.1, -0.05) is 41.6 Å². The summed E-state index contributed by atoms with van der Waals surface area (Å²) in [4.78, 5) is 28.9. The van der Waals surface area contributed by atoms with Crippen LogP contribution in [0.25, 0.3) is 10.2 Å². The molecule has 0 spiro atoms.